The summed E-state index contributed by atoms with van der Waals surface area (Å²) in [7, 11) is 3.61. The molecule has 0 aliphatic carbocycles. The maximum Gasteiger partial charge on any atom is 0.128 e. The number of methoxy groups -OCH3 is 1. The lowest BCUT2D eigenvalue weighted by atomic mass is 10.0. The number of imidazole rings is 1. The van der Waals surface area contributed by atoms with Crippen molar-refractivity contribution >= 4 is 0 Å². The zero-order chi connectivity index (χ0) is 14.0. The number of nitrogens with zero attached hydrogens (tertiary/aromatic N) is 3. The smallest absolute Gasteiger partial charge is 0.128 e. The summed E-state index contributed by atoms with van der Waals surface area (Å²) in [6.45, 7) is 4.00. The number of aromatic nitrogens is 3. The molecule has 0 aliphatic rings. The van der Waals surface area contributed by atoms with E-state index in [2.05, 4.69) is 9.97 Å². The molecule has 19 heavy (non-hydrogen) atoms. The normalized spacial score (nSPS) is 12.5. The molecule has 102 valence electrons. The summed E-state index contributed by atoms with van der Waals surface area (Å²) < 4.78 is 7.30. The van der Waals surface area contributed by atoms with Crippen LogP contribution in [0.15, 0.2) is 18.7 Å². The predicted molar refractivity (Wildman–Crippen MR) is 74.1 cm³/mol. The maximum absolute atomic E-state index is 6.18. The molecule has 2 aromatic rings. The van der Waals surface area contributed by atoms with Crippen LogP contribution in [-0.2, 0) is 13.5 Å². The van der Waals surface area contributed by atoms with Crippen LogP contribution < -0.4 is 10.5 Å². The SMILES string of the molecule is COc1c(C)cnc(CC(N)c2cn(C)cn2)c1C. The van der Waals surface area contributed by atoms with Crippen molar-refractivity contribution in [3.8, 4) is 5.75 Å². The van der Waals surface area contributed by atoms with Gasteiger partial charge in [-0.25, -0.2) is 4.98 Å². The fourth-order valence-electron chi connectivity index (χ4n) is 2.21. The number of hydrogen-bond donors (Lipinski definition) is 1. The van der Waals surface area contributed by atoms with Gasteiger partial charge in [-0.15, -0.1) is 0 Å². The van der Waals surface area contributed by atoms with Gasteiger partial charge in [-0.2, -0.15) is 0 Å². The van der Waals surface area contributed by atoms with Gasteiger partial charge in [-0.3, -0.25) is 4.98 Å². The Labute approximate surface area is 113 Å². The van der Waals surface area contributed by atoms with E-state index in [9.17, 15) is 0 Å². The molecular weight excluding hydrogens is 240 g/mol. The zero-order valence-corrected chi connectivity index (χ0v) is 11.8. The van der Waals surface area contributed by atoms with E-state index in [1.807, 2.05) is 37.9 Å². The van der Waals surface area contributed by atoms with E-state index in [0.29, 0.717) is 6.42 Å². The molecule has 0 fully saturated rings. The summed E-state index contributed by atoms with van der Waals surface area (Å²) in [6, 6.07) is -0.153. The van der Waals surface area contributed by atoms with Crippen LogP contribution in [0.4, 0.5) is 0 Å². The van der Waals surface area contributed by atoms with Crippen LogP contribution in [0.3, 0.4) is 0 Å². The Morgan fingerprint density at radius 3 is 2.68 bits per heavy atom. The molecule has 0 saturated carbocycles. The van der Waals surface area contributed by atoms with Crippen LogP contribution in [0.25, 0.3) is 0 Å². The Hall–Kier alpha value is -1.88. The third-order valence-corrected chi connectivity index (χ3v) is 3.27. The maximum atomic E-state index is 6.18. The second-order valence-corrected chi connectivity index (χ2v) is 4.82. The molecule has 2 rings (SSSR count). The summed E-state index contributed by atoms with van der Waals surface area (Å²) >= 11 is 0. The highest BCUT2D eigenvalue weighted by Gasteiger charge is 2.15. The summed E-state index contributed by atoms with van der Waals surface area (Å²) in [5, 5.41) is 0. The molecule has 0 bridgehead atoms. The summed E-state index contributed by atoms with van der Waals surface area (Å²) in [5.41, 5.74) is 10.1. The van der Waals surface area contributed by atoms with Gasteiger partial charge in [-0.1, -0.05) is 0 Å². The number of ether oxygens (including phenoxy) is 1. The highest BCUT2D eigenvalue weighted by atomic mass is 16.5. The molecule has 2 N–H and O–H groups in total. The van der Waals surface area contributed by atoms with E-state index >= 15 is 0 Å². The van der Waals surface area contributed by atoms with Gasteiger partial charge in [0.25, 0.3) is 0 Å². The standard InChI is InChI=1S/C14H20N4O/c1-9-6-16-12(10(2)14(9)19-4)5-11(15)13-7-18(3)8-17-13/h6-8,11H,5,15H2,1-4H3. The number of pyridine rings is 1. The summed E-state index contributed by atoms with van der Waals surface area (Å²) in [4.78, 5) is 8.74. The van der Waals surface area contributed by atoms with Crippen LogP contribution in [-0.4, -0.2) is 21.6 Å². The third kappa shape index (κ3) is 2.76. The van der Waals surface area contributed by atoms with Gasteiger partial charge in [0, 0.05) is 42.7 Å². The van der Waals surface area contributed by atoms with Crippen molar-refractivity contribution in [1.29, 1.82) is 0 Å². The zero-order valence-electron chi connectivity index (χ0n) is 11.8. The topological polar surface area (TPSA) is 66.0 Å². The molecule has 5 heteroatoms. The van der Waals surface area contributed by atoms with Gasteiger partial charge < -0.3 is 15.0 Å². The quantitative estimate of drug-likeness (QED) is 0.908. The minimum absolute atomic E-state index is 0.153. The van der Waals surface area contributed by atoms with Crippen molar-refractivity contribution in [2.45, 2.75) is 26.3 Å². The Morgan fingerprint density at radius 1 is 1.37 bits per heavy atom. The first kappa shape index (κ1) is 13.5. The third-order valence-electron chi connectivity index (χ3n) is 3.27. The average molecular weight is 260 g/mol. The van der Waals surface area contributed by atoms with Crippen LogP contribution >= 0.6 is 0 Å². The van der Waals surface area contributed by atoms with E-state index in [-0.39, 0.29) is 6.04 Å². The Kier molecular flexibility index (Phi) is 3.85. The number of aryl methyl sites for hydroxylation is 2. The Morgan fingerprint density at radius 2 is 2.11 bits per heavy atom. The van der Waals surface area contributed by atoms with E-state index in [1.54, 1.807) is 13.4 Å². The van der Waals surface area contributed by atoms with Crippen LogP contribution in [0.1, 0.15) is 28.6 Å². The first-order valence-electron chi connectivity index (χ1n) is 6.25. The molecule has 0 spiro atoms. The minimum atomic E-state index is -0.153. The lowest BCUT2D eigenvalue weighted by Gasteiger charge is -2.14. The first-order valence-corrected chi connectivity index (χ1v) is 6.25. The number of hydrogen-bond acceptors (Lipinski definition) is 4. The predicted octanol–water partition coefficient (Wildman–Crippen LogP) is 1.68. The molecule has 5 nitrogen and oxygen atoms in total. The highest BCUT2D eigenvalue weighted by molar-refractivity contribution is 5.41. The van der Waals surface area contributed by atoms with Crippen molar-refractivity contribution in [2.24, 2.45) is 12.8 Å². The molecular formula is C14H20N4O. The Balaban J connectivity index is 2.24. The minimum Gasteiger partial charge on any atom is -0.496 e. The lowest BCUT2D eigenvalue weighted by molar-refractivity contribution is 0.406. The molecule has 0 radical (unpaired) electrons. The average Bonchev–Trinajstić information content (AvgIpc) is 2.80. The van der Waals surface area contributed by atoms with Crippen molar-refractivity contribution in [1.82, 2.24) is 14.5 Å². The van der Waals surface area contributed by atoms with Crippen molar-refractivity contribution in [3.05, 3.63) is 41.2 Å². The fourth-order valence-corrected chi connectivity index (χ4v) is 2.21. The molecule has 0 amide bonds. The second kappa shape index (κ2) is 5.40. The van der Waals surface area contributed by atoms with Crippen LogP contribution in [0, 0.1) is 13.8 Å². The molecule has 0 saturated heterocycles. The number of nitrogens with two attached hydrogens (primary N) is 1. The number of rotatable bonds is 4. The van der Waals surface area contributed by atoms with Crippen LogP contribution in [0.5, 0.6) is 5.75 Å². The van der Waals surface area contributed by atoms with Gasteiger partial charge in [0.1, 0.15) is 5.75 Å². The molecule has 2 heterocycles. The molecule has 1 unspecified atom stereocenters. The van der Waals surface area contributed by atoms with Gasteiger partial charge in [0.15, 0.2) is 0 Å². The van der Waals surface area contributed by atoms with Crippen molar-refractivity contribution in [3.63, 3.8) is 0 Å². The second-order valence-electron chi connectivity index (χ2n) is 4.82. The molecule has 0 aromatic carbocycles. The largest absolute Gasteiger partial charge is 0.496 e. The first-order chi connectivity index (χ1) is 9.02. The van der Waals surface area contributed by atoms with Gasteiger partial charge in [0.2, 0.25) is 0 Å². The van der Waals surface area contributed by atoms with E-state index < -0.39 is 0 Å². The molecule has 0 aliphatic heterocycles. The van der Waals surface area contributed by atoms with E-state index in [0.717, 1.165) is 28.3 Å². The van der Waals surface area contributed by atoms with E-state index in [1.165, 1.54) is 0 Å². The highest BCUT2D eigenvalue weighted by Crippen LogP contribution is 2.26. The summed E-state index contributed by atoms with van der Waals surface area (Å²) in [5.74, 6) is 0.887. The van der Waals surface area contributed by atoms with Gasteiger partial charge >= 0.3 is 0 Å². The summed E-state index contributed by atoms with van der Waals surface area (Å²) in [6.07, 6.45) is 6.17. The Bertz CT molecular complexity index is 577. The molecule has 2 aromatic heterocycles. The van der Waals surface area contributed by atoms with Crippen molar-refractivity contribution < 1.29 is 4.74 Å². The van der Waals surface area contributed by atoms with Crippen LogP contribution in [0.2, 0.25) is 0 Å². The van der Waals surface area contributed by atoms with E-state index in [4.69, 9.17) is 10.5 Å². The monoisotopic (exact) mass is 260 g/mol. The van der Waals surface area contributed by atoms with Crippen molar-refractivity contribution in [2.75, 3.05) is 7.11 Å². The van der Waals surface area contributed by atoms with Gasteiger partial charge in [0.05, 0.1) is 25.2 Å². The lowest BCUT2D eigenvalue weighted by Crippen LogP contribution is -2.15. The fraction of sp³-hybridized carbons (Fsp3) is 0.429. The van der Waals surface area contributed by atoms with Gasteiger partial charge in [-0.05, 0) is 13.8 Å². The molecule has 1 atom stereocenters.